The predicted molar refractivity (Wildman–Crippen MR) is 126 cm³/mol. The van der Waals surface area contributed by atoms with Gasteiger partial charge >= 0.3 is 0 Å². The molecule has 0 nitrogen and oxygen atoms in total. The van der Waals surface area contributed by atoms with E-state index in [1.807, 2.05) is 0 Å². The molecular weight excluding hydrogens is 630 g/mol. The molecule has 6 aliphatic carbocycles. The van der Waals surface area contributed by atoms with Crippen molar-refractivity contribution >= 4 is 139 Å². The zero-order chi connectivity index (χ0) is 21.5. The van der Waals surface area contributed by atoms with Gasteiger partial charge in [-0.2, -0.15) is 0 Å². The van der Waals surface area contributed by atoms with Crippen molar-refractivity contribution < 1.29 is 0 Å². The van der Waals surface area contributed by atoms with Crippen molar-refractivity contribution in [2.45, 2.75) is 34.6 Å². The standard InChI is InChI=1S/C17H8Cl12/c18-8-10(20)14(24)6-3-1-2(4(6)12(8,22)16(14,26)27)5-7(3)15(25)11(21)9(19)13(5,23)17(15,28)29/h2-7H,1H2/t2?,3?,4-,5+,6+,7-,12-,13+,14-,15+. The van der Waals surface area contributed by atoms with Crippen LogP contribution in [-0.2, 0) is 0 Å². The van der Waals surface area contributed by atoms with E-state index in [-0.39, 0.29) is 55.6 Å². The van der Waals surface area contributed by atoms with Gasteiger partial charge in [0.1, 0.15) is 19.5 Å². The summed E-state index contributed by atoms with van der Waals surface area (Å²) in [6.07, 6.45) is 0.715. The Kier molecular flexibility index (Phi) is 4.39. The molecule has 4 fully saturated rings. The Balaban J connectivity index is 1.62. The number of hydrogen-bond acceptors (Lipinski definition) is 0. The molecule has 0 aromatic heterocycles. The summed E-state index contributed by atoms with van der Waals surface area (Å²) < 4.78 is -3.25. The quantitative estimate of drug-likeness (QED) is 0.184. The molecule has 160 valence electrons. The van der Waals surface area contributed by atoms with Gasteiger partial charge < -0.3 is 0 Å². The number of rotatable bonds is 0. The van der Waals surface area contributed by atoms with Crippen molar-refractivity contribution in [1.29, 1.82) is 0 Å². The Morgan fingerprint density at radius 3 is 0.862 bits per heavy atom. The largest absolute Gasteiger partial charge is 0.166 e. The molecule has 0 aromatic carbocycles. The van der Waals surface area contributed by atoms with Crippen molar-refractivity contribution in [1.82, 2.24) is 0 Å². The van der Waals surface area contributed by atoms with Crippen LogP contribution in [0.4, 0.5) is 0 Å². The van der Waals surface area contributed by atoms with Gasteiger partial charge in [0.25, 0.3) is 0 Å². The third-order valence-corrected chi connectivity index (χ3v) is 17.1. The normalized spacial score (nSPS) is 62.5. The summed E-state index contributed by atoms with van der Waals surface area (Å²) in [7, 11) is 0. The molecule has 0 aliphatic heterocycles. The highest BCUT2D eigenvalue weighted by Gasteiger charge is 2.94. The van der Waals surface area contributed by atoms with Crippen molar-refractivity contribution in [3.63, 3.8) is 0 Å². The highest BCUT2D eigenvalue weighted by atomic mass is 35.5. The van der Waals surface area contributed by atoms with Crippen molar-refractivity contribution in [3.8, 4) is 0 Å². The lowest BCUT2D eigenvalue weighted by molar-refractivity contribution is 0.0959. The maximum absolute atomic E-state index is 7.09. The minimum Gasteiger partial charge on any atom is -0.109 e. The molecule has 0 amide bonds. The highest BCUT2D eigenvalue weighted by molar-refractivity contribution is 6.67. The van der Waals surface area contributed by atoms with Gasteiger partial charge in [-0.25, -0.2) is 0 Å². The van der Waals surface area contributed by atoms with Crippen molar-refractivity contribution in [2.75, 3.05) is 0 Å². The third-order valence-electron chi connectivity index (χ3n) is 8.49. The van der Waals surface area contributed by atoms with E-state index in [0.29, 0.717) is 6.42 Å². The van der Waals surface area contributed by atoms with Gasteiger partial charge in [-0.1, -0.05) is 92.8 Å². The zero-order valence-corrected chi connectivity index (χ0v) is 22.8. The highest BCUT2D eigenvalue weighted by Crippen LogP contribution is 2.90. The topological polar surface area (TPSA) is 0 Å². The number of hydrogen-bond donors (Lipinski definition) is 0. The number of fused-ring (bicyclic) bond motifs is 16. The van der Waals surface area contributed by atoms with Gasteiger partial charge in [0.05, 0.1) is 20.1 Å². The molecule has 0 heterocycles. The lowest BCUT2D eigenvalue weighted by atomic mass is 9.61. The summed E-state index contributed by atoms with van der Waals surface area (Å²) in [6, 6.07) is 0. The van der Waals surface area contributed by atoms with Crippen LogP contribution in [0.15, 0.2) is 20.1 Å². The lowest BCUT2D eigenvalue weighted by Crippen LogP contribution is -2.51. The number of alkyl halides is 8. The molecule has 6 rings (SSSR count). The second-order valence-corrected chi connectivity index (χ2v) is 15.5. The van der Waals surface area contributed by atoms with E-state index in [4.69, 9.17) is 139 Å². The minimum atomic E-state index is -1.62. The van der Waals surface area contributed by atoms with E-state index in [2.05, 4.69) is 0 Å². The Labute approximate surface area is 227 Å². The van der Waals surface area contributed by atoms with Gasteiger partial charge in [0, 0.05) is 0 Å². The van der Waals surface area contributed by atoms with Crippen molar-refractivity contribution in [2.24, 2.45) is 35.5 Å². The van der Waals surface area contributed by atoms with Crippen LogP contribution < -0.4 is 0 Å². The maximum Gasteiger partial charge on any atom is 0.166 e. The first-order valence-electron chi connectivity index (χ1n) is 8.74. The van der Waals surface area contributed by atoms with E-state index in [1.54, 1.807) is 0 Å². The SMILES string of the molecule is ClC1=C(Cl)[C@@]2(Cl)[C@H]3C4CC([C@H]3[C@@]1(Cl)C2(Cl)Cl)[C@H]1[C@@H]4[C@@]2(Cl)C(Cl)=C(Cl)[C@@]1(Cl)C2(Cl)Cl. The van der Waals surface area contributed by atoms with Crippen LogP contribution >= 0.6 is 139 Å². The second kappa shape index (κ2) is 5.68. The zero-order valence-electron chi connectivity index (χ0n) is 13.7. The fourth-order valence-corrected chi connectivity index (χ4v) is 14.0. The van der Waals surface area contributed by atoms with Crippen LogP contribution in [0.2, 0.25) is 0 Å². The molecule has 0 N–H and O–H groups in total. The molecule has 12 heteroatoms. The first-order chi connectivity index (χ1) is 13.1. The minimum absolute atomic E-state index is 0.128. The molecule has 29 heavy (non-hydrogen) atoms. The third kappa shape index (κ3) is 1.72. The number of allylic oxidation sites excluding steroid dienone is 4. The molecule has 6 aliphatic rings. The Morgan fingerprint density at radius 2 is 0.655 bits per heavy atom. The molecule has 0 aromatic rings. The molecule has 0 radical (unpaired) electrons. The second-order valence-electron chi connectivity index (χ2n) is 8.92. The summed E-state index contributed by atoms with van der Waals surface area (Å²) >= 11 is 81.8. The Morgan fingerprint density at radius 1 is 0.448 bits per heavy atom. The Hall–Kier alpha value is 2.96. The van der Waals surface area contributed by atoms with Crippen LogP contribution in [-0.4, -0.2) is 28.2 Å². The Bertz CT molecular complexity index is 825. The molecule has 2 unspecified atom stereocenters. The average molecular weight is 638 g/mol. The van der Waals surface area contributed by atoms with E-state index >= 15 is 0 Å². The number of halogens is 12. The molecular formula is C17H8Cl12. The van der Waals surface area contributed by atoms with Gasteiger partial charge in [-0.15, -0.1) is 46.4 Å². The summed E-state index contributed by atoms with van der Waals surface area (Å²) in [4.78, 5) is -5.49. The van der Waals surface area contributed by atoms with Crippen LogP contribution in [0.5, 0.6) is 0 Å². The van der Waals surface area contributed by atoms with E-state index in [0.717, 1.165) is 0 Å². The molecule has 6 bridgehead atoms. The predicted octanol–water partition coefficient (Wildman–Crippen LogP) is 8.79. The molecule has 10 atom stereocenters. The van der Waals surface area contributed by atoms with E-state index in [1.165, 1.54) is 0 Å². The van der Waals surface area contributed by atoms with Crippen LogP contribution in [0.3, 0.4) is 0 Å². The summed E-state index contributed by atoms with van der Waals surface area (Å²) in [5, 5.41) is 0.671. The monoisotopic (exact) mass is 632 g/mol. The first-order valence-corrected chi connectivity index (χ1v) is 13.3. The van der Waals surface area contributed by atoms with Crippen LogP contribution in [0.1, 0.15) is 6.42 Å². The van der Waals surface area contributed by atoms with Gasteiger partial charge in [-0.05, 0) is 41.9 Å². The van der Waals surface area contributed by atoms with Crippen LogP contribution in [0.25, 0.3) is 0 Å². The average Bonchev–Trinajstić information content (AvgIpc) is 3.33. The van der Waals surface area contributed by atoms with Gasteiger partial charge in [0.2, 0.25) is 0 Å². The van der Waals surface area contributed by atoms with Crippen LogP contribution in [0, 0.1) is 35.5 Å². The smallest absolute Gasteiger partial charge is 0.109 e. The van der Waals surface area contributed by atoms with E-state index in [9.17, 15) is 0 Å². The van der Waals surface area contributed by atoms with Crippen molar-refractivity contribution in [3.05, 3.63) is 20.1 Å². The maximum atomic E-state index is 7.09. The fraction of sp³-hybridized carbons (Fsp3) is 0.765. The molecule has 4 saturated carbocycles. The summed E-state index contributed by atoms with van der Waals surface area (Å²) in [5.74, 6) is -1.48. The fourth-order valence-electron chi connectivity index (χ4n) is 7.72. The lowest BCUT2D eigenvalue weighted by Gasteiger charge is -2.49. The molecule has 0 spiro atoms. The van der Waals surface area contributed by atoms with E-state index < -0.39 is 28.2 Å². The van der Waals surface area contributed by atoms with Gasteiger partial charge in [-0.3, -0.25) is 0 Å². The summed E-state index contributed by atoms with van der Waals surface area (Å²) in [5.41, 5.74) is 0. The van der Waals surface area contributed by atoms with Gasteiger partial charge in [0.15, 0.2) is 8.67 Å². The molecule has 0 saturated heterocycles. The summed E-state index contributed by atoms with van der Waals surface area (Å²) in [6.45, 7) is 0. The first kappa shape index (κ1) is 22.4.